The van der Waals surface area contributed by atoms with E-state index in [0.29, 0.717) is 48.7 Å². The van der Waals surface area contributed by atoms with E-state index in [1.165, 1.54) is 7.11 Å². The molecule has 0 amide bonds. The van der Waals surface area contributed by atoms with E-state index in [0.717, 1.165) is 11.6 Å². The van der Waals surface area contributed by atoms with Gasteiger partial charge in [-0.15, -0.1) is 10.2 Å². The van der Waals surface area contributed by atoms with Crippen LogP contribution in [0.3, 0.4) is 0 Å². The second kappa shape index (κ2) is 12.1. The van der Waals surface area contributed by atoms with Crippen molar-refractivity contribution in [2.45, 2.75) is 56.2 Å². The highest BCUT2D eigenvalue weighted by Crippen LogP contribution is 2.36. The molecule has 13 heteroatoms. The molecule has 1 N–H and O–H groups in total. The summed E-state index contributed by atoms with van der Waals surface area (Å²) in [5.41, 5.74) is 0.800. The van der Waals surface area contributed by atoms with Crippen molar-refractivity contribution in [2.75, 3.05) is 34.0 Å². The lowest BCUT2D eigenvalue weighted by molar-refractivity contribution is 0.124. The van der Waals surface area contributed by atoms with Crippen LogP contribution in [-0.2, 0) is 21.2 Å². The number of nitrogens with one attached hydrogen (secondary N) is 1. The van der Waals surface area contributed by atoms with Gasteiger partial charge in [0, 0.05) is 34.1 Å². The van der Waals surface area contributed by atoms with Gasteiger partial charge in [-0.3, -0.25) is 0 Å². The molecule has 2 aromatic heterocycles. The molecule has 39 heavy (non-hydrogen) atoms. The van der Waals surface area contributed by atoms with Crippen LogP contribution in [-0.4, -0.2) is 80.5 Å². The molecule has 1 aliphatic heterocycles. The number of sulfonamides is 1. The number of hydrogen-bond donors (Lipinski definition) is 1. The third-order valence-electron chi connectivity index (χ3n) is 6.86. The smallest absolute Gasteiger partial charge is 0.215 e. The number of nitrogens with zero attached hydrogens (tertiary/aromatic N) is 5. The molecule has 3 atom stereocenters. The van der Waals surface area contributed by atoms with Gasteiger partial charge < -0.3 is 18.8 Å². The van der Waals surface area contributed by atoms with Crippen molar-refractivity contribution < 1.29 is 22.6 Å². The third-order valence-corrected chi connectivity index (χ3v) is 10.6. The Labute approximate surface area is 231 Å². The van der Waals surface area contributed by atoms with Crippen molar-refractivity contribution >= 4 is 18.1 Å². The molecule has 0 aliphatic carbocycles. The van der Waals surface area contributed by atoms with Crippen LogP contribution in [0.5, 0.6) is 11.5 Å². The van der Waals surface area contributed by atoms with Crippen LogP contribution in [0.2, 0.25) is 25.7 Å². The van der Waals surface area contributed by atoms with E-state index < -0.39 is 29.3 Å². The largest absolute Gasteiger partial charge is 0.494 e. The molecule has 11 nitrogen and oxygen atoms in total. The lowest BCUT2D eigenvalue weighted by Gasteiger charge is -2.26. The summed E-state index contributed by atoms with van der Waals surface area (Å²) in [4.78, 5) is 8.81. The Balaban J connectivity index is 1.74. The maximum atomic E-state index is 13.8. The molecule has 1 aliphatic rings. The summed E-state index contributed by atoms with van der Waals surface area (Å²) in [7, 11) is -2.09. The first-order valence-corrected chi connectivity index (χ1v) is 18.3. The summed E-state index contributed by atoms with van der Waals surface area (Å²) in [6, 6.07) is 8.23. The van der Waals surface area contributed by atoms with Gasteiger partial charge in [0.25, 0.3) is 0 Å². The Morgan fingerprint density at radius 2 is 1.87 bits per heavy atom. The minimum atomic E-state index is -3.79. The second-order valence-corrected chi connectivity index (χ2v) is 18.6. The Hall–Kier alpha value is -2.87. The monoisotopic (exact) mass is 574 g/mol. The fourth-order valence-corrected chi connectivity index (χ4v) is 7.31. The molecule has 0 bridgehead atoms. The Morgan fingerprint density at radius 3 is 2.54 bits per heavy atom. The Kier molecular flexibility index (Phi) is 9.04. The molecule has 4 rings (SSSR count). The van der Waals surface area contributed by atoms with Crippen molar-refractivity contribution in [1.82, 2.24) is 29.5 Å². The van der Waals surface area contributed by atoms with Gasteiger partial charge in [0.05, 0.1) is 43.0 Å². The van der Waals surface area contributed by atoms with E-state index in [1.54, 1.807) is 19.5 Å². The summed E-state index contributed by atoms with van der Waals surface area (Å²) in [6.07, 6.45) is 3.20. The zero-order chi connectivity index (χ0) is 28.2. The fraction of sp³-hybridized carbons (Fsp3) is 0.538. The number of ether oxygens (including phenoxy) is 3. The van der Waals surface area contributed by atoms with Crippen molar-refractivity contribution in [3.63, 3.8) is 0 Å². The van der Waals surface area contributed by atoms with Crippen LogP contribution in [0.15, 0.2) is 36.7 Å². The van der Waals surface area contributed by atoms with E-state index in [9.17, 15) is 8.42 Å². The molecule has 0 radical (unpaired) electrons. The summed E-state index contributed by atoms with van der Waals surface area (Å²) < 4.78 is 49.3. The maximum absolute atomic E-state index is 13.8. The molecular formula is C26H38N6O5SSi. The summed E-state index contributed by atoms with van der Waals surface area (Å²) in [5.74, 6) is 2.23. The van der Waals surface area contributed by atoms with Crippen molar-refractivity contribution in [3.8, 4) is 22.9 Å². The predicted octanol–water partition coefficient (Wildman–Crippen LogP) is 3.30. The minimum Gasteiger partial charge on any atom is -0.494 e. The zero-order valence-corrected chi connectivity index (χ0v) is 25.2. The highest BCUT2D eigenvalue weighted by atomic mass is 32.2. The number of aromatic nitrogens is 5. The molecule has 3 aromatic rings. The molecule has 3 heterocycles. The van der Waals surface area contributed by atoms with E-state index in [-0.39, 0.29) is 12.5 Å². The van der Waals surface area contributed by atoms with Gasteiger partial charge in [-0.05, 0) is 18.2 Å². The van der Waals surface area contributed by atoms with E-state index >= 15 is 0 Å². The molecule has 212 valence electrons. The van der Waals surface area contributed by atoms with Gasteiger partial charge in [-0.2, -0.15) is 0 Å². The number of rotatable bonds is 12. The highest BCUT2D eigenvalue weighted by molar-refractivity contribution is 7.90. The minimum absolute atomic E-state index is 0.105. The molecule has 0 spiro atoms. The van der Waals surface area contributed by atoms with Gasteiger partial charge in [0.1, 0.15) is 24.0 Å². The number of hydrogen-bond acceptors (Lipinski definition) is 9. The third kappa shape index (κ3) is 6.83. The maximum Gasteiger partial charge on any atom is 0.215 e. The first-order chi connectivity index (χ1) is 18.5. The van der Waals surface area contributed by atoms with Gasteiger partial charge in [0.2, 0.25) is 10.0 Å². The van der Waals surface area contributed by atoms with Crippen molar-refractivity contribution in [2.24, 2.45) is 0 Å². The fourth-order valence-electron chi connectivity index (χ4n) is 4.63. The van der Waals surface area contributed by atoms with Crippen LogP contribution in [0, 0.1) is 0 Å². The summed E-state index contributed by atoms with van der Waals surface area (Å²) in [5, 5.41) is 8.10. The van der Waals surface area contributed by atoms with Crippen LogP contribution >= 0.6 is 0 Å². The zero-order valence-electron chi connectivity index (χ0n) is 23.4. The van der Waals surface area contributed by atoms with Crippen LogP contribution in [0.4, 0.5) is 0 Å². The van der Waals surface area contributed by atoms with E-state index in [1.807, 2.05) is 35.8 Å². The number of fused-ring (bicyclic) bond motifs is 3. The quantitative estimate of drug-likeness (QED) is 0.324. The normalized spacial score (nSPS) is 16.9. The Bertz CT molecular complexity index is 1360. The SMILES string of the molecule is COC[C@@H]1COc2ccccc2-c2nnc(CC(C(C)c3ncc(OC)cn3)S(=O)(=O)NCC[Si](C)(C)C)n21. The van der Waals surface area contributed by atoms with Crippen LogP contribution in [0.25, 0.3) is 11.4 Å². The molecule has 0 fully saturated rings. The highest BCUT2D eigenvalue weighted by Gasteiger charge is 2.37. The number of para-hydroxylation sites is 1. The first-order valence-electron chi connectivity index (χ1n) is 13.0. The predicted molar refractivity (Wildman–Crippen MR) is 151 cm³/mol. The molecule has 1 aromatic carbocycles. The number of methoxy groups -OCH3 is 2. The molecule has 0 saturated heterocycles. The van der Waals surface area contributed by atoms with E-state index in [4.69, 9.17) is 14.2 Å². The van der Waals surface area contributed by atoms with Gasteiger partial charge in [-0.25, -0.2) is 23.1 Å². The standard InChI is InChI=1S/C26H38N6O5SSi/c1-18(25-27-14-20(36-3)15-28-25)23(38(33,34)29-11-12-39(4,5)6)13-24-30-31-26-21-9-7-8-10-22(21)37-17-19(16-35-2)32(24)26/h7-10,14-15,18-19,23,29H,11-13,16-17H2,1-6H3/t18?,19-,23?/m1/s1. The molecule has 0 saturated carbocycles. The van der Waals surface area contributed by atoms with Crippen LogP contribution < -0.4 is 14.2 Å². The number of benzene rings is 1. The summed E-state index contributed by atoms with van der Waals surface area (Å²) in [6.45, 7) is 9.56. The lowest BCUT2D eigenvalue weighted by atomic mass is 10.0. The Morgan fingerprint density at radius 1 is 1.15 bits per heavy atom. The van der Waals surface area contributed by atoms with E-state index in [2.05, 4.69) is 44.5 Å². The average Bonchev–Trinajstić information content (AvgIpc) is 3.25. The van der Waals surface area contributed by atoms with Gasteiger partial charge in [0.15, 0.2) is 11.6 Å². The second-order valence-electron chi connectivity index (χ2n) is 11.0. The van der Waals surface area contributed by atoms with Crippen LogP contribution in [0.1, 0.15) is 30.5 Å². The molecule has 2 unspecified atom stereocenters. The van der Waals surface area contributed by atoms with Gasteiger partial charge in [-0.1, -0.05) is 38.7 Å². The molecular weight excluding hydrogens is 536 g/mol. The lowest BCUT2D eigenvalue weighted by Crippen LogP contribution is -2.42. The van der Waals surface area contributed by atoms with Crippen molar-refractivity contribution in [1.29, 1.82) is 0 Å². The summed E-state index contributed by atoms with van der Waals surface area (Å²) >= 11 is 0. The van der Waals surface area contributed by atoms with Gasteiger partial charge >= 0.3 is 0 Å². The van der Waals surface area contributed by atoms with Crippen molar-refractivity contribution in [3.05, 3.63) is 48.3 Å². The average molecular weight is 575 g/mol. The topological polar surface area (TPSA) is 130 Å². The first kappa shape index (κ1) is 29.1.